The molecule has 0 saturated heterocycles. The number of rotatable bonds is 3. The minimum atomic E-state index is -4.69. The van der Waals surface area contributed by atoms with Crippen LogP contribution in [0.5, 0.6) is 0 Å². The summed E-state index contributed by atoms with van der Waals surface area (Å²) in [6.45, 7) is 4.82. The molecule has 0 radical (unpaired) electrons. The van der Waals surface area contributed by atoms with Crippen molar-refractivity contribution in [2.24, 2.45) is 0 Å². The molecule has 0 heterocycles. The third-order valence-electron chi connectivity index (χ3n) is 7.98. The van der Waals surface area contributed by atoms with E-state index in [1.165, 1.54) is 51.6 Å². The zero-order valence-electron chi connectivity index (χ0n) is 18.8. The van der Waals surface area contributed by atoms with Gasteiger partial charge in [0.2, 0.25) is 0 Å². The molecule has 0 N–H and O–H groups in total. The Bertz CT molecular complexity index is 1380. The fraction of sp³-hybridized carbons (Fsp3) is 0.143. The SMILES string of the molecule is C[SiH](C)[Zr]([Cl])([Cl])([CH]1c2ccccc2-c2ccc(I)cc21)[CH]1c2ccccc2-c2ccc(I)cc21. The molecule has 6 rings (SSSR count). The van der Waals surface area contributed by atoms with E-state index < -0.39 is 21.5 Å². The van der Waals surface area contributed by atoms with Crippen LogP contribution in [0.3, 0.4) is 0 Å². The van der Waals surface area contributed by atoms with Crippen LogP contribution in [0.25, 0.3) is 22.3 Å². The molecule has 2 aliphatic rings. The molecule has 171 valence electrons. The van der Waals surface area contributed by atoms with E-state index in [9.17, 15) is 0 Å². The first-order chi connectivity index (χ1) is 16.2. The van der Waals surface area contributed by atoms with Gasteiger partial charge in [0.25, 0.3) is 0 Å². The standard InChI is InChI=1S/2C13H8I.C2H7Si.2ClH.Zr/c2*14-11-5-6-13-10(8-11)7-9-3-1-2-4-12(9)13;1-3-2;;;/h2*1-8H;3H,1-2H3;2*1H;/q;;;;;+2/p-2. The molecular weight excluding hydrogens is 780 g/mol. The van der Waals surface area contributed by atoms with E-state index in [2.05, 4.69) is 143 Å². The zero-order valence-corrected chi connectivity index (χ0v) is 28.3. The van der Waals surface area contributed by atoms with Gasteiger partial charge >= 0.3 is 241 Å². The first-order valence-corrected chi connectivity index (χ1v) is 30.0. The van der Waals surface area contributed by atoms with Crippen molar-refractivity contribution in [1.29, 1.82) is 0 Å². The Morgan fingerprint density at radius 2 is 0.971 bits per heavy atom. The van der Waals surface area contributed by atoms with Gasteiger partial charge in [-0.05, 0) is 0 Å². The van der Waals surface area contributed by atoms with Crippen LogP contribution in [0.15, 0.2) is 84.9 Å². The van der Waals surface area contributed by atoms with Crippen molar-refractivity contribution in [3.8, 4) is 22.3 Å². The summed E-state index contributed by atoms with van der Waals surface area (Å²) in [6.07, 6.45) is 0. The number of halogens is 4. The fourth-order valence-electron chi connectivity index (χ4n) is 6.38. The van der Waals surface area contributed by atoms with Gasteiger partial charge in [0.15, 0.2) is 0 Å². The molecule has 0 amide bonds. The van der Waals surface area contributed by atoms with Crippen molar-refractivity contribution in [3.63, 3.8) is 0 Å². The molecule has 0 aromatic heterocycles. The van der Waals surface area contributed by atoms with E-state index in [-0.39, 0.29) is 7.25 Å². The predicted molar refractivity (Wildman–Crippen MR) is 163 cm³/mol. The third kappa shape index (κ3) is 3.34. The van der Waals surface area contributed by atoms with Crippen LogP contribution in [-0.2, 0) is 15.6 Å². The van der Waals surface area contributed by atoms with E-state index in [1.807, 2.05) is 0 Å². The van der Waals surface area contributed by atoms with Crippen LogP contribution in [0.2, 0.25) is 13.1 Å². The van der Waals surface area contributed by atoms with Gasteiger partial charge in [0, 0.05) is 0 Å². The van der Waals surface area contributed by atoms with Gasteiger partial charge in [-0.2, -0.15) is 0 Å². The second-order valence-electron chi connectivity index (χ2n) is 9.88. The molecule has 2 unspecified atom stereocenters. The summed E-state index contributed by atoms with van der Waals surface area (Å²) in [6, 6.07) is 31.4. The summed E-state index contributed by atoms with van der Waals surface area (Å²) >= 11 is 0.175. The van der Waals surface area contributed by atoms with Crippen molar-refractivity contribution in [3.05, 3.63) is 114 Å². The first-order valence-electron chi connectivity index (χ1n) is 11.6. The molecule has 0 saturated carbocycles. The molecule has 2 atom stereocenters. The van der Waals surface area contributed by atoms with E-state index in [4.69, 9.17) is 17.0 Å². The molecule has 0 spiro atoms. The Balaban J connectivity index is 1.72. The van der Waals surface area contributed by atoms with Gasteiger partial charge in [-0.15, -0.1) is 0 Å². The maximum atomic E-state index is 8.39. The number of hydrogen-bond acceptors (Lipinski definition) is 0. The second kappa shape index (κ2) is 8.52. The van der Waals surface area contributed by atoms with Gasteiger partial charge in [0.05, 0.1) is 0 Å². The van der Waals surface area contributed by atoms with E-state index >= 15 is 0 Å². The Labute approximate surface area is 237 Å². The number of benzene rings is 4. The molecule has 0 nitrogen and oxygen atoms in total. The van der Waals surface area contributed by atoms with Gasteiger partial charge in [0.1, 0.15) is 0 Å². The van der Waals surface area contributed by atoms with Gasteiger partial charge in [-0.1, -0.05) is 0 Å². The molecule has 34 heavy (non-hydrogen) atoms. The molecular formula is C28H23Cl2I2SiZr. The topological polar surface area (TPSA) is 0 Å². The minimum absolute atomic E-state index is 0.0965. The zero-order chi connectivity index (χ0) is 23.9. The molecule has 0 bridgehead atoms. The Morgan fingerprint density at radius 1 is 0.588 bits per heavy atom. The summed E-state index contributed by atoms with van der Waals surface area (Å²) in [4.78, 5) is 0. The molecule has 0 fully saturated rings. The van der Waals surface area contributed by atoms with Crippen molar-refractivity contribution < 1.29 is 15.6 Å². The third-order valence-corrected chi connectivity index (χ3v) is 60.9. The number of hydrogen-bond donors (Lipinski definition) is 0. The van der Waals surface area contributed by atoms with Crippen LogP contribution in [-0.4, -0.2) is 5.92 Å². The van der Waals surface area contributed by atoms with Crippen LogP contribution < -0.4 is 0 Å². The van der Waals surface area contributed by atoms with Crippen LogP contribution in [0, 0.1) is 7.14 Å². The normalized spacial score (nSPS) is 19.2. The molecule has 2 aliphatic carbocycles. The van der Waals surface area contributed by atoms with Crippen LogP contribution in [0.1, 0.15) is 29.5 Å². The second-order valence-corrected chi connectivity index (χ2v) is 54.9. The molecule has 4 aromatic carbocycles. The Kier molecular flexibility index (Phi) is 6.11. The monoisotopic (exact) mass is 801 g/mol. The van der Waals surface area contributed by atoms with E-state index in [0.717, 1.165) is 0 Å². The Hall–Kier alpha value is 0.0200. The number of fused-ring (bicyclic) bond motifs is 6. The summed E-state index contributed by atoms with van der Waals surface area (Å²) in [5.74, 6) is -1.55. The molecule has 4 aromatic rings. The van der Waals surface area contributed by atoms with E-state index in [0.29, 0.717) is 0 Å². The molecule has 6 heteroatoms. The van der Waals surface area contributed by atoms with Crippen molar-refractivity contribution in [2.75, 3.05) is 0 Å². The van der Waals surface area contributed by atoms with Crippen molar-refractivity contribution >= 4 is 68.1 Å². The van der Waals surface area contributed by atoms with Crippen molar-refractivity contribution in [2.45, 2.75) is 20.3 Å². The van der Waals surface area contributed by atoms with E-state index in [1.54, 1.807) is 0 Å². The van der Waals surface area contributed by atoms with Crippen LogP contribution >= 0.6 is 62.2 Å². The van der Waals surface area contributed by atoms with Crippen molar-refractivity contribution in [1.82, 2.24) is 0 Å². The Morgan fingerprint density at radius 3 is 1.38 bits per heavy atom. The summed E-state index contributed by atoms with van der Waals surface area (Å²) in [5.41, 5.74) is 10.6. The summed E-state index contributed by atoms with van der Waals surface area (Å²) in [5, 5.41) is 0. The summed E-state index contributed by atoms with van der Waals surface area (Å²) < 4.78 is 2.68. The van der Waals surface area contributed by atoms with Gasteiger partial charge in [-0.3, -0.25) is 0 Å². The van der Waals surface area contributed by atoms with Gasteiger partial charge in [-0.25, -0.2) is 0 Å². The van der Waals surface area contributed by atoms with Gasteiger partial charge < -0.3 is 0 Å². The predicted octanol–water partition coefficient (Wildman–Crippen LogP) is 9.72. The quantitative estimate of drug-likeness (QED) is 0.143. The average molecular weight is 804 g/mol. The fourth-order valence-corrected chi connectivity index (χ4v) is 37.5. The molecule has 0 aliphatic heterocycles. The van der Waals surface area contributed by atoms with Crippen LogP contribution in [0.4, 0.5) is 0 Å². The maximum absolute atomic E-state index is 8.39. The summed E-state index contributed by atoms with van der Waals surface area (Å²) in [7, 11) is 16.8. The first kappa shape index (κ1) is 24.4. The average Bonchev–Trinajstić information content (AvgIpc) is 3.32.